The van der Waals surface area contributed by atoms with Crippen LogP contribution in [0.3, 0.4) is 0 Å². The number of likely N-dealkylation sites (N-methyl/N-ethyl adjacent to an activating group) is 1. The summed E-state index contributed by atoms with van der Waals surface area (Å²) >= 11 is 0. The molecule has 1 aromatic rings. The van der Waals surface area contributed by atoms with Crippen LogP contribution in [0.5, 0.6) is 0 Å². The standard InChI is InChI=1S/C12H13NO5S/c1-7-4-5-9-8(6-7)11(14)10(12(15)18-3)13(2)19(9,16)17/h4-6,14H,1-3H3. The number of aliphatic hydroxyl groups is 1. The van der Waals surface area contributed by atoms with Gasteiger partial charge < -0.3 is 9.84 Å². The third kappa shape index (κ3) is 1.86. The highest BCUT2D eigenvalue weighted by molar-refractivity contribution is 7.89. The van der Waals surface area contributed by atoms with Gasteiger partial charge in [-0.1, -0.05) is 11.6 Å². The summed E-state index contributed by atoms with van der Waals surface area (Å²) in [5.74, 6) is -1.31. The lowest BCUT2D eigenvalue weighted by Crippen LogP contribution is -2.35. The number of aryl methyl sites for hydroxylation is 1. The van der Waals surface area contributed by atoms with E-state index < -0.39 is 21.8 Å². The summed E-state index contributed by atoms with van der Waals surface area (Å²) in [7, 11) is -1.55. The van der Waals surface area contributed by atoms with Crippen LogP contribution in [0.15, 0.2) is 28.8 Å². The minimum atomic E-state index is -3.86. The van der Waals surface area contributed by atoms with Crippen LogP contribution in [-0.4, -0.2) is 38.0 Å². The van der Waals surface area contributed by atoms with E-state index in [0.29, 0.717) is 0 Å². The molecule has 1 aromatic carbocycles. The Morgan fingerprint density at radius 2 is 2.00 bits per heavy atom. The second kappa shape index (κ2) is 4.27. The van der Waals surface area contributed by atoms with E-state index in [0.717, 1.165) is 17.0 Å². The Balaban J connectivity index is 2.84. The van der Waals surface area contributed by atoms with Crippen LogP contribution in [-0.2, 0) is 19.6 Å². The number of rotatable bonds is 1. The first-order valence-electron chi connectivity index (χ1n) is 5.42. The fourth-order valence-corrected chi connectivity index (χ4v) is 3.29. The topological polar surface area (TPSA) is 83.9 Å². The normalized spacial score (nSPS) is 17.1. The number of esters is 1. The average molecular weight is 283 g/mol. The van der Waals surface area contributed by atoms with Crippen molar-refractivity contribution in [2.45, 2.75) is 11.8 Å². The number of carbonyl (C=O) groups excluding carboxylic acids is 1. The molecule has 0 unspecified atom stereocenters. The number of benzene rings is 1. The van der Waals surface area contributed by atoms with Crippen molar-refractivity contribution in [3.8, 4) is 0 Å². The molecule has 0 aliphatic carbocycles. The van der Waals surface area contributed by atoms with Gasteiger partial charge in [-0.25, -0.2) is 13.2 Å². The number of carbonyl (C=O) groups is 1. The van der Waals surface area contributed by atoms with Crippen molar-refractivity contribution < 1.29 is 23.1 Å². The monoisotopic (exact) mass is 283 g/mol. The van der Waals surface area contributed by atoms with Gasteiger partial charge in [0.05, 0.1) is 12.0 Å². The summed E-state index contributed by atoms with van der Waals surface area (Å²) in [6.07, 6.45) is 0. The summed E-state index contributed by atoms with van der Waals surface area (Å²) < 4.78 is 29.8. The van der Waals surface area contributed by atoms with Gasteiger partial charge in [0.15, 0.2) is 11.5 Å². The van der Waals surface area contributed by atoms with Crippen LogP contribution in [0.1, 0.15) is 11.1 Å². The molecule has 19 heavy (non-hydrogen) atoms. The molecule has 1 heterocycles. The van der Waals surface area contributed by atoms with Crippen molar-refractivity contribution in [1.29, 1.82) is 0 Å². The van der Waals surface area contributed by atoms with Crippen molar-refractivity contribution in [3.05, 3.63) is 35.0 Å². The van der Waals surface area contributed by atoms with Crippen molar-refractivity contribution in [1.82, 2.24) is 4.31 Å². The van der Waals surface area contributed by atoms with Crippen molar-refractivity contribution in [2.75, 3.05) is 14.2 Å². The van der Waals surface area contributed by atoms with E-state index in [1.165, 1.54) is 19.2 Å². The number of nitrogens with zero attached hydrogens (tertiary/aromatic N) is 1. The Hall–Kier alpha value is -2.02. The Morgan fingerprint density at radius 3 is 2.58 bits per heavy atom. The highest BCUT2D eigenvalue weighted by Gasteiger charge is 2.38. The highest BCUT2D eigenvalue weighted by Crippen LogP contribution is 2.35. The van der Waals surface area contributed by atoms with E-state index in [1.54, 1.807) is 13.0 Å². The molecule has 6 nitrogen and oxygen atoms in total. The number of methoxy groups -OCH3 is 1. The predicted molar refractivity (Wildman–Crippen MR) is 67.7 cm³/mol. The Labute approximate surface area is 111 Å². The summed E-state index contributed by atoms with van der Waals surface area (Å²) in [5, 5.41) is 10.1. The summed E-state index contributed by atoms with van der Waals surface area (Å²) in [5.41, 5.74) is 0.494. The van der Waals surface area contributed by atoms with Gasteiger partial charge in [-0.15, -0.1) is 0 Å². The third-order valence-electron chi connectivity index (χ3n) is 2.95. The zero-order valence-electron chi connectivity index (χ0n) is 10.7. The lowest BCUT2D eigenvalue weighted by molar-refractivity contribution is -0.137. The van der Waals surface area contributed by atoms with Crippen LogP contribution >= 0.6 is 0 Å². The average Bonchev–Trinajstić information content (AvgIpc) is 2.36. The minimum absolute atomic E-state index is 0.0363. The molecule has 1 aliphatic rings. The van der Waals surface area contributed by atoms with E-state index in [2.05, 4.69) is 4.74 Å². The maximum absolute atomic E-state index is 12.3. The zero-order valence-corrected chi connectivity index (χ0v) is 11.5. The van der Waals surface area contributed by atoms with Crippen LogP contribution in [0.2, 0.25) is 0 Å². The first-order valence-corrected chi connectivity index (χ1v) is 6.86. The highest BCUT2D eigenvalue weighted by atomic mass is 32.2. The van der Waals surface area contributed by atoms with Gasteiger partial charge >= 0.3 is 5.97 Å². The van der Waals surface area contributed by atoms with E-state index in [4.69, 9.17) is 0 Å². The molecule has 0 spiro atoms. The smallest absolute Gasteiger partial charge is 0.359 e. The number of hydrogen-bond acceptors (Lipinski definition) is 5. The first kappa shape index (κ1) is 13.4. The molecule has 1 N–H and O–H groups in total. The molecule has 0 saturated carbocycles. The molecule has 2 rings (SSSR count). The lowest BCUT2D eigenvalue weighted by Gasteiger charge is -2.27. The molecule has 102 valence electrons. The molecule has 0 saturated heterocycles. The van der Waals surface area contributed by atoms with E-state index in [1.807, 2.05) is 0 Å². The zero-order chi connectivity index (χ0) is 14.4. The fourth-order valence-electron chi connectivity index (χ4n) is 1.92. The van der Waals surface area contributed by atoms with Crippen molar-refractivity contribution in [3.63, 3.8) is 0 Å². The molecule has 1 aliphatic heterocycles. The maximum Gasteiger partial charge on any atom is 0.359 e. The van der Waals surface area contributed by atoms with Crippen molar-refractivity contribution >= 4 is 21.8 Å². The lowest BCUT2D eigenvalue weighted by atomic mass is 10.1. The molecule has 0 fully saturated rings. The quantitative estimate of drug-likeness (QED) is 0.778. The second-order valence-corrected chi connectivity index (χ2v) is 6.10. The number of fused-ring (bicyclic) bond motifs is 1. The molecule has 0 radical (unpaired) electrons. The van der Waals surface area contributed by atoms with Gasteiger partial charge in [0.1, 0.15) is 0 Å². The number of hydrogen-bond donors (Lipinski definition) is 1. The van der Waals surface area contributed by atoms with Crippen LogP contribution < -0.4 is 0 Å². The minimum Gasteiger partial charge on any atom is -0.505 e. The Bertz CT molecular complexity index is 690. The van der Waals surface area contributed by atoms with Crippen LogP contribution in [0, 0.1) is 6.92 Å². The molecule has 0 atom stereocenters. The number of sulfonamides is 1. The van der Waals surface area contributed by atoms with Gasteiger partial charge in [-0.3, -0.25) is 4.31 Å². The molecule has 0 bridgehead atoms. The van der Waals surface area contributed by atoms with Gasteiger partial charge in [0.2, 0.25) is 0 Å². The number of aliphatic hydroxyl groups excluding tert-OH is 1. The molecular formula is C12H13NO5S. The Morgan fingerprint density at radius 1 is 1.37 bits per heavy atom. The van der Waals surface area contributed by atoms with Crippen LogP contribution in [0.4, 0.5) is 0 Å². The molecule has 0 aromatic heterocycles. The van der Waals surface area contributed by atoms with E-state index in [-0.39, 0.29) is 16.2 Å². The molecular weight excluding hydrogens is 270 g/mol. The predicted octanol–water partition coefficient (Wildman–Crippen LogP) is 1.03. The van der Waals surface area contributed by atoms with E-state index in [9.17, 15) is 18.3 Å². The molecule has 0 amide bonds. The second-order valence-electron chi connectivity index (χ2n) is 4.16. The van der Waals surface area contributed by atoms with Gasteiger partial charge in [-0.05, 0) is 19.1 Å². The van der Waals surface area contributed by atoms with Crippen LogP contribution in [0.25, 0.3) is 5.76 Å². The summed E-state index contributed by atoms with van der Waals surface area (Å²) in [4.78, 5) is 11.6. The largest absolute Gasteiger partial charge is 0.505 e. The van der Waals surface area contributed by atoms with Gasteiger partial charge in [0.25, 0.3) is 10.0 Å². The summed E-state index contributed by atoms with van der Waals surface area (Å²) in [6.45, 7) is 1.76. The first-order chi connectivity index (χ1) is 8.80. The fraction of sp³-hybridized carbons (Fsp3) is 0.250. The van der Waals surface area contributed by atoms with Gasteiger partial charge in [0, 0.05) is 12.6 Å². The SMILES string of the molecule is COC(=O)C1=C(O)c2cc(C)ccc2S(=O)(=O)N1C. The van der Waals surface area contributed by atoms with E-state index >= 15 is 0 Å². The van der Waals surface area contributed by atoms with Gasteiger partial charge in [-0.2, -0.15) is 0 Å². The maximum atomic E-state index is 12.3. The summed E-state index contributed by atoms with van der Waals surface area (Å²) in [6, 6.07) is 4.54. The number of ether oxygens (including phenoxy) is 1. The Kier molecular flexibility index (Phi) is 3.01. The third-order valence-corrected chi connectivity index (χ3v) is 4.76. The van der Waals surface area contributed by atoms with Crippen molar-refractivity contribution in [2.24, 2.45) is 0 Å². The molecule has 7 heteroatoms.